The molecule has 0 fully saturated rings. The van der Waals surface area contributed by atoms with Crippen molar-refractivity contribution in [2.24, 2.45) is 0 Å². The molecule has 0 aliphatic rings. The van der Waals surface area contributed by atoms with Crippen LogP contribution in [0.2, 0.25) is 0 Å². The van der Waals surface area contributed by atoms with Crippen molar-refractivity contribution in [3.63, 3.8) is 0 Å². The maximum atomic E-state index is 13.1. The highest BCUT2D eigenvalue weighted by Crippen LogP contribution is 2.26. The van der Waals surface area contributed by atoms with Gasteiger partial charge in [0.15, 0.2) is 24.8 Å². The minimum Gasteiger partial charge on any atom is -0.465 e. The number of benzene rings is 4. The van der Waals surface area contributed by atoms with E-state index in [4.69, 9.17) is 9.47 Å². The fourth-order valence-electron chi connectivity index (χ4n) is 7.37. The zero-order valence-corrected chi connectivity index (χ0v) is 36.3. The molecule has 6 aromatic rings. The van der Waals surface area contributed by atoms with Crippen LogP contribution in [0.3, 0.4) is 0 Å². The van der Waals surface area contributed by atoms with E-state index in [-0.39, 0.29) is 17.4 Å². The molecule has 0 aliphatic carbocycles. The van der Waals surface area contributed by atoms with Crippen molar-refractivity contribution in [1.29, 1.82) is 0 Å². The summed E-state index contributed by atoms with van der Waals surface area (Å²) in [6.07, 6.45) is 20.9. The number of unbranched alkanes of at least 4 members (excludes halogenated alkanes) is 6. The van der Waals surface area contributed by atoms with Gasteiger partial charge in [-0.25, -0.2) is 13.9 Å². The van der Waals surface area contributed by atoms with Gasteiger partial charge in [-0.1, -0.05) is 130 Å². The van der Waals surface area contributed by atoms with E-state index in [1.807, 2.05) is 84.9 Å². The van der Waals surface area contributed by atoms with Crippen molar-refractivity contribution in [2.75, 3.05) is 13.2 Å². The van der Waals surface area contributed by atoms with E-state index < -0.39 is 5.92 Å². The third-order valence-corrected chi connectivity index (χ3v) is 11.1. The number of aryl methyl sites for hydroxylation is 2. The Balaban J connectivity index is 0.806. The summed E-state index contributed by atoms with van der Waals surface area (Å²) in [4.78, 5) is 25.7. The lowest BCUT2D eigenvalue weighted by Crippen LogP contribution is -2.33. The first-order valence-electron chi connectivity index (χ1n) is 22.0. The van der Waals surface area contributed by atoms with Crippen LogP contribution in [0.5, 0.6) is 0 Å². The summed E-state index contributed by atoms with van der Waals surface area (Å²) in [5.74, 6) is -0.856. The standard InChI is InChI=1S/C55H62N2O4/c1-55(2,3)51-30-26-45(27-31-51)23-22-44-24-28-50(29-25-44)53(58)60-42-16-6-4-14-36-56-38-32-46(33-39-56)47-34-40-57(41-35-47)37-15-5-7-17-43-61-54(59)52(48-18-10-8-11-19-48)49-20-12-9-13-21-49/h8-13,18-35,38-41,52H,4-7,14-17,36-37,42-43H2,1-3H3/q+2/b23-22+. The van der Waals surface area contributed by atoms with Crippen LogP contribution in [0.25, 0.3) is 23.3 Å². The molecular weight excluding hydrogens is 753 g/mol. The van der Waals surface area contributed by atoms with Gasteiger partial charge in [0, 0.05) is 37.1 Å². The van der Waals surface area contributed by atoms with E-state index in [0.717, 1.165) is 86.7 Å². The van der Waals surface area contributed by atoms with Gasteiger partial charge in [-0.3, -0.25) is 4.79 Å². The average molecular weight is 815 g/mol. The fourth-order valence-corrected chi connectivity index (χ4v) is 7.37. The Labute approximate surface area is 363 Å². The van der Waals surface area contributed by atoms with Gasteiger partial charge in [0.05, 0.1) is 18.8 Å². The van der Waals surface area contributed by atoms with Gasteiger partial charge < -0.3 is 9.47 Å². The van der Waals surface area contributed by atoms with Crippen LogP contribution >= 0.6 is 0 Å². The molecule has 2 heterocycles. The second-order valence-electron chi connectivity index (χ2n) is 16.9. The molecule has 4 aromatic carbocycles. The number of hydrogen-bond acceptors (Lipinski definition) is 4. The number of rotatable bonds is 21. The summed E-state index contributed by atoms with van der Waals surface area (Å²) in [6.45, 7) is 9.46. The second kappa shape index (κ2) is 23.0. The molecule has 6 nitrogen and oxygen atoms in total. The number of ether oxygens (including phenoxy) is 2. The Morgan fingerprint density at radius 3 is 1.39 bits per heavy atom. The minimum atomic E-state index is -0.403. The summed E-state index contributed by atoms with van der Waals surface area (Å²) in [6, 6.07) is 44.7. The Morgan fingerprint density at radius 2 is 0.934 bits per heavy atom. The van der Waals surface area contributed by atoms with Crippen molar-refractivity contribution in [3.05, 3.63) is 192 Å². The highest BCUT2D eigenvalue weighted by Gasteiger charge is 2.24. The van der Waals surface area contributed by atoms with Gasteiger partial charge in [0.2, 0.25) is 0 Å². The van der Waals surface area contributed by atoms with Crippen LogP contribution in [0.4, 0.5) is 0 Å². The molecule has 0 N–H and O–H groups in total. The molecule has 0 saturated carbocycles. The van der Waals surface area contributed by atoms with Gasteiger partial charge >= 0.3 is 11.9 Å². The molecule has 0 amide bonds. The molecule has 0 radical (unpaired) electrons. The molecule has 6 heteroatoms. The SMILES string of the molecule is CC(C)(C)c1ccc(/C=C/c2ccc(C(=O)OCCCCCC[n+]3ccc(-c4cc[n+](CCCCCCOC(=O)C(c5ccccc5)c5ccccc5)cc4)cc3)cc2)cc1. The molecule has 314 valence electrons. The summed E-state index contributed by atoms with van der Waals surface area (Å²) in [7, 11) is 0. The van der Waals surface area contributed by atoms with E-state index in [2.05, 4.69) is 115 Å². The van der Waals surface area contributed by atoms with Crippen molar-refractivity contribution in [3.8, 4) is 11.1 Å². The van der Waals surface area contributed by atoms with Gasteiger partial charge in [0.1, 0.15) is 19.0 Å². The molecule has 0 bridgehead atoms. The number of aromatic nitrogens is 2. The molecular formula is C55H62N2O4+2. The van der Waals surface area contributed by atoms with Crippen molar-refractivity contribution < 1.29 is 28.2 Å². The molecule has 2 aromatic heterocycles. The topological polar surface area (TPSA) is 60.4 Å². The third-order valence-electron chi connectivity index (χ3n) is 11.1. The maximum absolute atomic E-state index is 13.1. The normalized spacial score (nSPS) is 11.5. The first-order valence-corrected chi connectivity index (χ1v) is 22.0. The quantitative estimate of drug-likeness (QED) is 0.0314. The highest BCUT2D eigenvalue weighted by atomic mass is 16.5. The van der Waals surface area contributed by atoms with E-state index >= 15 is 0 Å². The Morgan fingerprint density at radius 1 is 0.508 bits per heavy atom. The lowest BCUT2D eigenvalue weighted by Gasteiger charge is -2.18. The predicted octanol–water partition coefficient (Wildman–Crippen LogP) is 11.7. The number of hydrogen-bond donors (Lipinski definition) is 0. The number of esters is 2. The van der Waals surface area contributed by atoms with Gasteiger partial charge in [0.25, 0.3) is 0 Å². The van der Waals surface area contributed by atoms with E-state index in [1.165, 1.54) is 16.7 Å². The maximum Gasteiger partial charge on any atom is 0.338 e. The van der Waals surface area contributed by atoms with Crippen molar-refractivity contribution in [1.82, 2.24) is 0 Å². The van der Waals surface area contributed by atoms with Crippen LogP contribution in [0.15, 0.2) is 158 Å². The van der Waals surface area contributed by atoms with Crippen LogP contribution in [-0.2, 0) is 32.8 Å². The minimum absolute atomic E-state index is 0.141. The van der Waals surface area contributed by atoms with E-state index in [0.29, 0.717) is 18.8 Å². The summed E-state index contributed by atoms with van der Waals surface area (Å²) < 4.78 is 15.8. The largest absolute Gasteiger partial charge is 0.465 e. The molecule has 6 rings (SSSR count). The van der Waals surface area contributed by atoms with Crippen LogP contribution in [0, 0.1) is 0 Å². The van der Waals surface area contributed by atoms with E-state index in [1.54, 1.807) is 0 Å². The van der Waals surface area contributed by atoms with Gasteiger partial charge in [-0.2, -0.15) is 0 Å². The zero-order chi connectivity index (χ0) is 42.7. The first kappa shape index (κ1) is 44.4. The Kier molecular flexibility index (Phi) is 16.8. The molecule has 0 spiro atoms. The third kappa shape index (κ3) is 14.2. The van der Waals surface area contributed by atoms with Crippen LogP contribution in [0.1, 0.15) is 116 Å². The number of carbonyl (C=O) groups is 2. The van der Waals surface area contributed by atoms with Crippen molar-refractivity contribution in [2.45, 2.75) is 96.6 Å². The number of carbonyl (C=O) groups excluding carboxylic acids is 2. The van der Waals surface area contributed by atoms with Crippen LogP contribution in [-0.4, -0.2) is 25.2 Å². The van der Waals surface area contributed by atoms with E-state index in [9.17, 15) is 9.59 Å². The molecule has 61 heavy (non-hydrogen) atoms. The van der Waals surface area contributed by atoms with Crippen LogP contribution < -0.4 is 9.13 Å². The number of pyridine rings is 2. The molecule has 0 unspecified atom stereocenters. The predicted molar refractivity (Wildman–Crippen MR) is 246 cm³/mol. The highest BCUT2D eigenvalue weighted by molar-refractivity contribution is 5.89. The molecule has 0 saturated heterocycles. The summed E-state index contributed by atoms with van der Waals surface area (Å²) >= 11 is 0. The fraction of sp³-hybridized carbons (Fsp3) is 0.309. The number of nitrogens with zero attached hydrogens (tertiary/aromatic N) is 2. The lowest BCUT2D eigenvalue weighted by molar-refractivity contribution is -0.697. The van der Waals surface area contributed by atoms with Gasteiger partial charge in [-0.05, 0) is 95.0 Å². The molecule has 0 atom stereocenters. The summed E-state index contributed by atoms with van der Waals surface area (Å²) in [5.41, 5.74) is 8.55. The zero-order valence-electron chi connectivity index (χ0n) is 36.3. The first-order chi connectivity index (χ1) is 29.7. The Hall–Kier alpha value is -6.14. The van der Waals surface area contributed by atoms with Gasteiger partial charge in [-0.15, -0.1) is 0 Å². The molecule has 0 aliphatic heterocycles. The average Bonchev–Trinajstić information content (AvgIpc) is 3.29. The monoisotopic (exact) mass is 814 g/mol. The second-order valence-corrected chi connectivity index (χ2v) is 16.9. The van der Waals surface area contributed by atoms with Crippen molar-refractivity contribution >= 4 is 24.1 Å². The Bertz CT molecular complexity index is 2200. The summed E-state index contributed by atoms with van der Waals surface area (Å²) in [5, 5.41) is 0. The lowest BCUT2D eigenvalue weighted by atomic mass is 9.87. The smallest absolute Gasteiger partial charge is 0.338 e.